The fourth-order valence-electron chi connectivity index (χ4n) is 1.72. The van der Waals surface area contributed by atoms with Gasteiger partial charge in [0.1, 0.15) is 0 Å². The molecule has 0 aliphatic rings. The van der Waals surface area contributed by atoms with Crippen LogP contribution in [0, 0.1) is 10.1 Å². The lowest BCUT2D eigenvalue weighted by atomic mass is 10.1. The Morgan fingerprint density at radius 1 is 1.32 bits per heavy atom. The van der Waals surface area contributed by atoms with Crippen molar-refractivity contribution in [1.82, 2.24) is 4.98 Å². The molecule has 0 fully saturated rings. The Kier molecular flexibility index (Phi) is 4.59. The highest BCUT2D eigenvalue weighted by atomic mass is 32.1. The highest BCUT2D eigenvalue weighted by Gasteiger charge is 2.06. The second-order valence-corrected chi connectivity index (χ2v) is 5.10. The number of hydrogen-bond acceptors (Lipinski definition) is 5. The third kappa shape index (κ3) is 3.84. The first-order valence-corrected chi connectivity index (χ1v) is 6.84. The second kappa shape index (κ2) is 6.40. The predicted octanol–water partition coefficient (Wildman–Crippen LogP) is 2.57. The number of aromatic nitrogens is 1. The van der Waals surface area contributed by atoms with Gasteiger partial charge in [0.2, 0.25) is 0 Å². The van der Waals surface area contributed by atoms with Gasteiger partial charge in [-0.3, -0.25) is 10.1 Å². The van der Waals surface area contributed by atoms with E-state index in [1.807, 2.05) is 5.38 Å². The SMILES string of the molecule is O=[N+]([O-])c1ccc(Cc2nc(CCCO)cs2)cc1. The van der Waals surface area contributed by atoms with Gasteiger partial charge in [0, 0.05) is 30.5 Å². The van der Waals surface area contributed by atoms with Crippen LogP contribution in [0.15, 0.2) is 29.6 Å². The average Bonchev–Trinajstić information content (AvgIpc) is 2.84. The van der Waals surface area contributed by atoms with E-state index in [0.717, 1.165) is 29.1 Å². The minimum absolute atomic E-state index is 0.103. The van der Waals surface area contributed by atoms with E-state index in [0.29, 0.717) is 6.42 Å². The molecule has 2 aromatic rings. The standard InChI is InChI=1S/C13H14N2O3S/c16-7-1-2-11-9-19-13(14-11)8-10-3-5-12(6-4-10)15(17)18/h3-6,9,16H,1-2,7-8H2. The van der Waals surface area contributed by atoms with Crippen molar-refractivity contribution in [2.45, 2.75) is 19.3 Å². The molecular weight excluding hydrogens is 264 g/mol. The van der Waals surface area contributed by atoms with E-state index in [1.165, 1.54) is 12.1 Å². The van der Waals surface area contributed by atoms with Crippen LogP contribution in [-0.2, 0) is 12.8 Å². The van der Waals surface area contributed by atoms with Crippen molar-refractivity contribution in [3.05, 3.63) is 56.0 Å². The molecule has 0 radical (unpaired) electrons. The van der Waals surface area contributed by atoms with Gasteiger partial charge in [0.25, 0.3) is 5.69 Å². The summed E-state index contributed by atoms with van der Waals surface area (Å²) in [4.78, 5) is 14.6. The summed E-state index contributed by atoms with van der Waals surface area (Å²) < 4.78 is 0. The van der Waals surface area contributed by atoms with Crippen LogP contribution < -0.4 is 0 Å². The summed E-state index contributed by atoms with van der Waals surface area (Å²) in [6, 6.07) is 6.53. The maximum absolute atomic E-state index is 10.5. The Labute approximate surface area is 114 Å². The van der Waals surface area contributed by atoms with Crippen molar-refractivity contribution in [3.63, 3.8) is 0 Å². The summed E-state index contributed by atoms with van der Waals surface area (Å²) in [7, 11) is 0. The molecule has 19 heavy (non-hydrogen) atoms. The number of aliphatic hydroxyl groups is 1. The molecule has 0 amide bonds. The molecule has 100 valence electrons. The molecule has 0 bridgehead atoms. The molecule has 5 nitrogen and oxygen atoms in total. The number of non-ortho nitro benzene ring substituents is 1. The van der Waals surface area contributed by atoms with Gasteiger partial charge in [-0.05, 0) is 18.4 Å². The van der Waals surface area contributed by atoms with Gasteiger partial charge in [-0.15, -0.1) is 11.3 Å². The molecule has 1 heterocycles. The van der Waals surface area contributed by atoms with Crippen LogP contribution in [0.1, 0.15) is 22.7 Å². The topological polar surface area (TPSA) is 76.3 Å². The first-order valence-electron chi connectivity index (χ1n) is 5.96. The number of nitro groups is 1. The molecule has 0 atom stereocenters. The van der Waals surface area contributed by atoms with E-state index >= 15 is 0 Å². The molecule has 1 N–H and O–H groups in total. The Morgan fingerprint density at radius 3 is 2.68 bits per heavy atom. The zero-order valence-electron chi connectivity index (χ0n) is 10.3. The molecule has 0 saturated carbocycles. The molecular formula is C13H14N2O3S. The zero-order valence-corrected chi connectivity index (χ0v) is 11.1. The van der Waals surface area contributed by atoms with Crippen molar-refractivity contribution >= 4 is 17.0 Å². The van der Waals surface area contributed by atoms with Crippen molar-refractivity contribution in [3.8, 4) is 0 Å². The largest absolute Gasteiger partial charge is 0.396 e. The van der Waals surface area contributed by atoms with Gasteiger partial charge >= 0.3 is 0 Å². The number of rotatable bonds is 6. The first-order chi connectivity index (χ1) is 9.19. The quantitative estimate of drug-likeness (QED) is 0.651. The summed E-state index contributed by atoms with van der Waals surface area (Å²) in [6.07, 6.45) is 2.19. The third-order valence-electron chi connectivity index (χ3n) is 2.69. The van der Waals surface area contributed by atoms with Crippen LogP contribution in [0.25, 0.3) is 0 Å². The van der Waals surface area contributed by atoms with Crippen molar-refractivity contribution in [1.29, 1.82) is 0 Å². The fourth-order valence-corrected chi connectivity index (χ4v) is 2.58. The molecule has 0 aliphatic carbocycles. The van der Waals surface area contributed by atoms with Gasteiger partial charge in [0.05, 0.1) is 15.6 Å². The molecule has 0 saturated heterocycles. The van der Waals surface area contributed by atoms with Gasteiger partial charge < -0.3 is 5.11 Å². The third-order valence-corrected chi connectivity index (χ3v) is 3.59. The molecule has 0 spiro atoms. The molecule has 1 aromatic carbocycles. The highest BCUT2D eigenvalue weighted by molar-refractivity contribution is 7.09. The van der Waals surface area contributed by atoms with E-state index in [-0.39, 0.29) is 12.3 Å². The average molecular weight is 278 g/mol. The van der Waals surface area contributed by atoms with Crippen molar-refractivity contribution < 1.29 is 10.0 Å². The van der Waals surface area contributed by atoms with Crippen LogP contribution in [0.2, 0.25) is 0 Å². The van der Waals surface area contributed by atoms with Crippen molar-refractivity contribution in [2.75, 3.05) is 6.61 Å². The maximum Gasteiger partial charge on any atom is 0.269 e. The number of thiazole rings is 1. The van der Waals surface area contributed by atoms with Crippen LogP contribution >= 0.6 is 11.3 Å². The molecule has 0 aliphatic heterocycles. The van der Waals surface area contributed by atoms with Crippen LogP contribution in [0.5, 0.6) is 0 Å². The normalized spacial score (nSPS) is 10.6. The van der Waals surface area contributed by atoms with Crippen LogP contribution in [0.3, 0.4) is 0 Å². The number of nitrogens with zero attached hydrogens (tertiary/aromatic N) is 2. The number of aryl methyl sites for hydroxylation is 1. The number of aliphatic hydroxyl groups excluding tert-OH is 1. The summed E-state index contributed by atoms with van der Waals surface area (Å²) >= 11 is 1.58. The van der Waals surface area contributed by atoms with Gasteiger partial charge in [0.15, 0.2) is 0 Å². The van der Waals surface area contributed by atoms with E-state index in [2.05, 4.69) is 4.98 Å². The first kappa shape index (κ1) is 13.6. The molecule has 1 aromatic heterocycles. The van der Waals surface area contributed by atoms with Gasteiger partial charge in [-0.25, -0.2) is 4.98 Å². The maximum atomic E-state index is 10.5. The monoisotopic (exact) mass is 278 g/mol. The van der Waals surface area contributed by atoms with E-state index in [9.17, 15) is 10.1 Å². The lowest BCUT2D eigenvalue weighted by Gasteiger charge is -1.98. The summed E-state index contributed by atoms with van der Waals surface area (Å²) in [5, 5.41) is 22.3. The second-order valence-electron chi connectivity index (χ2n) is 4.16. The molecule has 0 unspecified atom stereocenters. The summed E-state index contributed by atoms with van der Waals surface area (Å²) in [5.41, 5.74) is 2.11. The summed E-state index contributed by atoms with van der Waals surface area (Å²) in [6.45, 7) is 0.176. The van der Waals surface area contributed by atoms with Gasteiger partial charge in [-0.1, -0.05) is 12.1 Å². The zero-order chi connectivity index (χ0) is 13.7. The molecule has 6 heteroatoms. The Balaban J connectivity index is 2.00. The Morgan fingerprint density at radius 2 is 2.05 bits per heavy atom. The number of benzene rings is 1. The van der Waals surface area contributed by atoms with Crippen molar-refractivity contribution in [2.24, 2.45) is 0 Å². The Bertz CT molecular complexity index is 551. The lowest BCUT2D eigenvalue weighted by molar-refractivity contribution is -0.384. The van der Waals surface area contributed by atoms with E-state index in [4.69, 9.17) is 5.11 Å². The summed E-state index contributed by atoms with van der Waals surface area (Å²) in [5.74, 6) is 0. The molecule has 2 rings (SSSR count). The minimum atomic E-state index is -0.403. The van der Waals surface area contributed by atoms with Gasteiger partial charge in [-0.2, -0.15) is 0 Å². The van der Waals surface area contributed by atoms with E-state index < -0.39 is 4.92 Å². The number of nitro benzene ring substituents is 1. The van der Waals surface area contributed by atoms with Crippen LogP contribution in [0.4, 0.5) is 5.69 Å². The number of hydrogen-bond donors (Lipinski definition) is 1. The highest BCUT2D eigenvalue weighted by Crippen LogP contribution is 2.18. The smallest absolute Gasteiger partial charge is 0.269 e. The van der Waals surface area contributed by atoms with E-state index in [1.54, 1.807) is 23.5 Å². The minimum Gasteiger partial charge on any atom is -0.396 e. The lowest BCUT2D eigenvalue weighted by Crippen LogP contribution is -1.92. The fraction of sp³-hybridized carbons (Fsp3) is 0.308. The predicted molar refractivity (Wildman–Crippen MR) is 73.4 cm³/mol. The van der Waals surface area contributed by atoms with Crippen LogP contribution in [-0.4, -0.2) is 21.6 Å². The Hall–Kier alpha value is -1.79.